The summed E-state index contributed by atoms with van der Waals surface area (Å²) in [4.78, 5) is 20.7. The lowest BCUT2D eigenvalue weighted by Crippen LogP contribution is -2.48. The molecule has 0 N–H and O–H groups in total. The third-order valence-electron chi connectivity index (χ3n) is 4.69. The molecule has 1 aromatic carbocycles. The molecule has 5 nitrogen and oxygen atoms in total. The number of pyridine rings is 1. The Bertz CT molecular complexity index is 991. The number of amides is 1. The van der Waals surface area contributed by atoms with Crippen molar-refractivity contribution in [3.8, 4) is 0 Å². The molecule has 2 aromatic heterocycles. The maximum atomic E-state index is 13.1. The van der Waals surface area contributed by atoms with E-state index in [1.165, 1.54) is 18.2 Å². The maximum absolute atomic E-state index is 13.1. The number of carbonyl (C=O) groups excluding carboxylic acids is 1. The van der Waals surface area contributed by atoms with Gasteiger partial charge in [-0.3, -0.25) is 9.20 Å². The second-order valence-corrected chi connectivity index (χ2v) is 6.70. The van der Waals surface area contributed by atoms with Crippen molar-refractivity contribution in [2.24, 2.45) is 0 Å². The van der Waals surface area contributed by atoms with Crippen molar-refractivity contribution < 1.29 is 9.18 Å². The van der Waals surface area contributed by atoms with E-state index in [2.05, 4.69) is 9.88 Å². The largest absolute Gasteiger partial charge is 0.368 e. The normalized spacial score (nSPS) is 15.0. The third-order valence-corrected chi connectivity index (χ3v) is 4.97. The van der Waals surface area contributed by atoms with E-state index in [9.17, 15) is 9.18 Å². The summed E-state index contributed by atoms with van der Waals surface area (Å²) >= 11 is 6.19. The number of imidazole rings is 1. The Labute approximate surface area is 161 Å². The summed E-state index contributed by atoms with van der Waals surface area (Å²) in [7, 11) is 0. The number of piperazine rings is 1. The first-order valence-electron chi connectivity index (χ1n) is 8.72. The minimum absolute atomic E-state index is 0.0595. The van der Waals surface area contributed by atoms with E-state index in [0.717, 1.165) is 11.3 Å². The van der Waals surface area contributed by atoms with Crippen molar-refractivity contribution in [2.75, 3.05) is 31.1 Å². The molecule has 27 heavy (non-hydrogen) atoms. The van der Waals surface area contributed by atoms with E-state index >= 15 is 0 Å². The van der Waals surface area contributed by atoms with Crippen LogP contribution in [0.1, 0.15) is 5.69 Å². The molecule has 3 heterocycles. The van der Waals surface area contributed by atoms with E-state index in [1.807, 2.05) is 28.8 Å². The summed E-state index contributed by atoms with van der Waals surface area (Å²) in [5, 5.41) is 0.367. The molecule has 1 aliphatic heterocycles. The lowest BCUT2D eigenvalue weighted by atomic mass is 10.2. The van der Waals surface area contributed by atoms with Gasteiger partial charge in [0.15, 0.2) is 5.15 Å². The molecule has 1 aliphatic rings. The van der Waals surface area contributed by atoms with Crippen LogP contribution >= 0.6 is 11.6 Å². The van der Waals surface area contributed by atoms with Gasteiger partial charge in [0.25, 0.3) is 0 Å². The quantitative estimate of drug-likeness (QED) is 0.649. The molecule has 4 rings (SSSR count). The number of carbonyl (C=O) groups is 1. The van der Waals surface area contributed by atoms with Crippen LogP contribution in [-0.4, -0.2) is 46.4 Å². The number of hydrogen-bond acceptors (Lipinski definition) is 3. The number of nitrogens with zero attached hydrogens (tertiary/aromatic N) is 4. The molecule has 1 fully saturated rings. The highest BCUT2D eigenvalue weighted by atomic mass is 35.5. The molecular formula is C20H18ClFN4O. The smallest absolute Gasteiger partial charge is 0.246 e. The summed E-state index contributed by atoms with van der Waals surface area (Å²) in [6.45, 7) is 2.64. The first-order chi connectivity index (χ1) is 13.1. The Kier molecular flexibility index (Phi) is 4.81. The number of benzene rings is 1. The fourth-order valence-corrected chi connectivity index (χ4v) is 3.47. The maximum Gasteiger partial charge on any atom is 0.246 e. The summed E-state index contributed by atoms with van der Waals surface area (Å²) < 4.78 is 14.9. The number of halogens is 2. The molecule has 1 saturated heterocycles. The molecule has 0 atom stereocenters. The van der Waals surface area contributed by atoms with Crippen LogP contribution in [0.3, 0.4) is 0 Å². The van der Waals surface area contributed by atoms with Gasteiger partial charge in [-0.05, 0) is 42.5 Å². The molecule has 0 radical (unpaired) electrons. The summed E-state index contributed by atoms with van der Waals surface area (Å²) in [6, 6.07) is 12.1. The lowest BCUT2D eigenvalue weighted by Gasteiger charge is -2.35. The van der Waals surface area contributed by atoms with Crippen LogP contribution in [0.15, 0.2) is 54.7 Å². The minimum atomic E-state index is -0.247. The molecule has 138 valence electrons. The number of aromatic nitrogens is 2. The molecular weight excluding hydrogens is 367 g/mol. The van der Waals surface area contributed by atoms with Gasteiger partial charge in [-0.25, -0.2) is 9.37 Å². The van der Waals surface area contributed by atoms with Crippen LogP contribution in [0.25, 0.3) is 11.7 Å². The van der Waals surface area contributed by atoms with Gasteiger partial charge >= 0.3 is 0 Å². The van der Waals surface area contributed by atoms with E-state index in [-0.39, 0.29) is 11.7 Å². The molecule has 3 aromatic rings. The zero-order chi connectivity index (χ0) is 18.8. The van der Waals surface area contributed by atoms with Crippen molar-refractivity contribution in [1.29, 1.82) is 0 Å². The zero-order valence-electron chi connectivity index (χ0n) is 14.6. The molecule has 7 heteroatoms. The first-order valence-corrected chi connectivity index (χ1v) is 9.10. The minimum Gasteiger partial charge on any atom is -0.368 e. The van der Waals surface area contributed by atoms with E-state index in [1.54, 1.807) is 23.1 Å². The monoisotopic (exact) mass is 384 g/mol. The average molecular weight is 385 g/mol. The summed E-state index contributed by atoms with van der Waals surface area (Å²) in [5.74, 6) is -0.306. The molecule has 0 aliphatic carbocycles. The zero-order valence-corrected chi connectivity index (χ0v) is 15.3. The van der Waals surface area contributed by atoms with Gasteiger partial charge in [0.2, 0.25) is 5.91 Å². The van der Waals surface area contributed by atoms with Crippen molar-refractivity contribution >= 4 is 34.9 Å². The lowest BCUT2D eigenvalue weighted by molar-refractivity contribution is -0.126. The topological polar surface area (TPSA) is 40.9 Å². The van der Waals surface area contributed by atoms with Crippen LogP contribution in [0, 0.1) is 5.82 Å². The highest BCUT2D eigenvalue weighted by molar-refractivity contribution is 6.31. The molecule has 0 spiro atoms. The fraction of sp³-hybridized carbons (Fsp3) is 0.200. The average Bonchev–Trinajstić information content (AvgIpc) is 3.02. The number of fused-ring (bicyclic) bond motifs is 1. The highest BCUT2D eigenvalue weighted by Crippen LogP contribution is 2.20. The van der Waals surface area contributed by atoms with Gasteiger partial charge in [-0.2, -0.15) is 0 Å². The van der Waals surface area contributed by atoms with E-state index < -0.39 is 0 Å². The Hall–Kier alpha value is -2.86. The van der Waals surface area contributed by atoms with Gasteiger partial charge in [-0.1, -0.05) is 17.7 Å². The van der Waals surface area contributed by atoms with Crippen molar-refractivity contribution in [1.82, 2.24) is 14.3 Å². The first kappa shape index (κ1) is 17.5. The second-order valence-electron chi connectivity index (χ2n) is 6.34. The van der Waals surface area contributed by atoms with Crippen LogP contribution in [0.2, 0.25) is 5.15 Å². The van der Waals surface area contributed by atoms with Crippen molar-refractivity contribution in [2.45, 2.75) is 0 Å². The predicted octanol–water partition coefficient (Wildman–Crippen LogP) is 3.49. The summed E-state index contributed by atoms with van der Waals surface area (Å²) in [5.41, 5.74) is 2.39. The second kappa shape index (κ2) is 7.40. The van der Waals surface area contributed by atoms with Gasteiger partial charge in [0.05, 0.1) is 5.69 Å². The standard InChI is InChI=1S/C20H18ClFN4O/c21-20-17(26-10-2-1-3-18(26)23-20)8-9-19(27)25-13-11-24(12-14-25)16-6-4-15(22)5-7-16/h1-10H,11-14H2/b9-8+. The number of rotatable bonds is 3. The third kappa shape index (κ3) is 3.66. The molecule has 1 amide bonds. The Morgan fingerprint density at radius 3 is 2.56 bits per heavy atom. The molecule has 0 bridgehead atoms. The van der Waals surface area contributed by atoms with Crippen LogP contribution < -0.4 is 4.90 Å². The van der Waals surface area contributed by atoms with E-state index in [4.69, 9.17) is 11.6 Å². The van der Waals surface area contributed by atoms with Crippen LogP contribution in [0.5, 0.6) is 0 Å². The Morgan fingerprint density at radius 2 is 1.81 bits per heavy atom. The number of hydrogen-bond donors (Lipinski definition) is 0. The summed E-state index contributed by atoms with van der Waals surface area (Å²) in [6.07, 6.45) is 5.10. The highest BCUT2D eigenvalue weighted by Gasteiger charge is 2.20. The predicted molar refractivity (Wildman–Crippen MR) is 104 cm³/mol. The molecule has 0 unspecified atom stereocenters. The van der Waals surface area contributed by atoms with Crippen molar-refractivity contribution in [3.05, 3.63) is 71.4 Å². The van der Waals surface area contributed by atoms with Crippen LogP contribution in [-0.2, 0) is 4.79 Å². The van der Waals surface area contributed by atoms with Gasteiger partial charge < -0.3 is 9.80 Å². The Morgan fingerprint density at radius 1 is 1.07 bits per heavy atom. The molecule has 0 saturated carbocycles. The number of anilines is 1. The fourth-order valence-electron chi connectivity index (χ4n) is 3.23. The van der Waals surface area contributed by atoms with E-state index in [0.29, 0.717) is 37.0 Å². The van der Waals surface area contributed by atoms with Gasteiger partial charge in [0.1, 0.15) is 11.5 Å². The van der Waals surface area contributed by atoms with Gasteiger partial charge in [-0.15, -0.1) is 0 Å². The SMILES string of the molecule is O=C(/C=C/c1c(Cl)nc2ccccn12)N1CCN(c2ccc(F)cc2)CC1. The van der Waals surface area contributed by atoms with Gasteiger partial charge in [0, 0.05) is 44.1 Å². The van der Waals surface area contributed by atoms with Crippen molar-refractivity contribution in [3.63, 3.8) is 0 Å². The Balaban J connectivity index is 1.41. The van der Waals surface area contributed by atoms with Crippen LogP contribution in [0.4, 0.5) is 10.1 Å².